The molecular formula is C31H37N3O6. The Balaban J connectivity index is 1.61. The van der Waals surface area contributed by atoms with Crippen molar-refractivity contribution in [2.45, 2.75) is 57.7 Å². The number of carboxylic acid groups (broad SMARTS) is 1. The summed E-state index contributed by atoms with van der Waals surface area (Å²) < 4.78 is 5.31. The van der Waals surface area contributed by atoms with E-state index in [9.17, 15) is 19.2 Å². The van der Waals surface area contributed by atoms with Crippen molar-refractivity contribution < 1.29 is 29.0 Å². The van der Waals surface area contributed by atoms with Crippen molar-refractivity contribution >= 4 is 34.5 Å². The fourth-order valence-electron chi connectivity index (χ4n) is 4.24. The van der Waals surface area contributed by atoms with Crippen LogP contribution in [-0.2, 0) is 25.7 Å². The van der Waals surface area contributed by atoms with E-state index in [1.807, 2.05) is 67.6 Å². The largest absolute Gasteiger partial charge is 0.481 e. The smallest absolute Gasteiger partial charge is 0.323 e. The number of rotatable bonds is 15. The number of benzene rings is 3. The third kappa shape index (κ3) is 9.81. The van der Waals surface area contributed by atoms with Gasteiger partial charge in [-0.2, -0.15) is 0 Å². The first-order chi connectivity index (χ1) is 19.2. The van der Waals surface area contributed by atoms with Crippen LogP contribution < -0.4 is 16.4 Å². The third-order valence-corrected chi connectivity index (χ3v) is 6.64. The maximum Gasteiger partial charge on any atom is 0.323 e. The number of carboxylic acids is 1. The van der Waals surface area contributed by atoms with E-state index in [1.54, 1.807) is 12.1 Å². The lowest BCUT2D eigenvalue weighted by molar-refractivity contribution is -0.147. The standard InChI is InChI=1S/C31H37N3O6/c1-21(8-7-13-28(35)36)19-33-30(38)27(17-16-26(32)31(39)40-20-22-9-3-2-4-10-22)34-29(37)25-15-14-23-11-5-6-12-24(23)18-25/h2-6,9-12,14-15,18,21,26-27H,7-8,13,16-17,19-20,32H2,1H3,(H,33,38)(H,34,37)(H,35,36). The number of hydrogen-bond donors (Lipinski definition) is 4. The van der Waals surface area contributed by atoms with Crippen molar-refractivity contribution in [1.82, 2.24) is 10.6 Å². The second-order valence-electron chi connectivity index (χ2n) is 10.0. The number of carbonyl (C=O) groups excluding carboxylic acids is 3. The van der Waals surface area contributed by atoms with Crippen LogP contribution in [0.4, 0.5) is 0 Å². The van der Waals surface area contributed by atoms with Gasteiger partial charge in [0.1, 0.15) is 18.7 Å². The van der Waals surface area contributed by atoms with Gasteiger partial charge in [0.05, 0.1) is 0 Å². The molecular weight excluding hydrogens is 510 g/mol. The SMILES string of the molecule is CC(CCCC(=O)O)CNC(=O)C(CCC(N)C(=O)OCc1ccccc1)NC(=O)c1ccc2ccccc2c1. The minimum Gasteiger partial charge on any atom is -0.481 e. The molecule has 0 aromatic heterocycles. The molecule has 3 rings (SSSR count). The van der Waals surface area contributed by atoms with Crippen LogP contribution in [0.25, 0.3) is 10.8 Å². The van der Waals surface area contributed by atoms with E-state index in [-0.39, 0.29) is 31.8 Å². The van der Waals surface area contributed by atoms with E-state index in [0.717, 1.165) is 16.3 Å². The summed E-state index contributed by atoms with van der Waals surface area (Å²) in [4.78, 5) is 49.5. The van der Waals surface area contributed by atoms with Gasteiger partial charge < -0.3 is 26.2 Å². The van der Waals surface area contributed by atoms with Crippen molar-refractivity contribution in [3.8, 4) is 0 Å². The lowest BCUT2D eigenvalue weighted by Gasteiger charge is -2.21. The zero-order chi connectivity index (χ0) is 28.9. The molecule has 0 aliphatic rings. The molecule has 212 valence electrons. The third-order valence-electron chi connectivity index (χ3n) is 6.64. The van der Waals surface area contributed by atoms with Crippen LogP contribution in [0.3, 0.4) is 0 Å². The number of ether oxygens (including phenoxy) is 1. The van der Waals surface area contributed by atoms with Crippen LogP contribution >= 0.6 is 0 Å². The fourth-order valence-corrected chi connectivity index (χ4v) is 4.24. The zero-order valence-electron chi connectivity index (χ0n) is 22.7. The maximum absolute atomic E-state index is 13.1. The van der Waals surface area contributed by atoms with Crippen LogP contribution in [-0.4, -0.2) is 47.5 Å². The minimum atomic E-state index is -0.966. The Hall–Kier alpha value is -4.24. The van der Waals surface area contributed by atoms with Crippen molar-refractivity contribution in [3.05, 3.63) is 83.9 Å². The summed E-state index contributed by atoms with van der Waals surface area (Å²) in [6.45, 7) is 2.34. The van der Waals surface area contributed by atoms with Gasteiger partial charge in [-0.3, -0.25) is 19.2 Å². The summed E-state index contributed by atoms with van der Waals surface area (Å²) in [6.07, 6.45) is 1.46. The van der Waals surface area contributed by atoms with Gasteiger partial charge in [0.15, 0.2) is 0 Å². The Labute approximate surface area is 234 Å². The van der Waals surface area contributed by atoms with Gasteiger partial charge in [0.25, 0.3) is 5.91 Å². The van der Waals surface area contributed by atoms with Crippen LogP contribution in [0, 0.1) is 5.92 Å². The summed E-state index contributed by atoms with van der Waals surface area (Å²) in [7, 11) is 0. The molecule has 0 aliphatic carbocycles. The first-order valence-electron chi connectivity index (χ1n) is 13.5. The first-order valence-corrected chi connectivity index (χ1v) is 13.5. The van der Waals surface area contributed by atoms with Gasteiger partial charge >= 0.3 is 11.9 Å². The summed E-state index contributed by atoms with van der Waals surface area (Å²) in [6, 6.07) is 20.3. The molecule has 2 amide bonds. The van der Waals surface area contributed by atoms with Gasteiger partial charge in [-0.15, -0.1) is 0 Å². The number of esters is 1. The van der Waals surface area contributed by atoms with Crippen molar-refractivity contribution in [2.75, 3.05) is 6.54 Å². The molecule has 3 aromatic rings. The Morgan fingerprint density at radius 2 is 1.60 bits per heavy atom. The second kappa shape index (κ2) is 15.4. The molecule has 3 aromatic carbocycles. The monoisotopic (exact) mass is 547 g/mol. The molecule has 40 heavy (non-hydrogen) atoms. The molecule has 0 heterocycles. The van der Waals surface area contributed by atoms with Gasteiger partial charge in [-0.05, 0) is 60.1 Å². The lowest BCUT2D eigenvalue weighted by atomic mass is 10.0. The van der Waals surface area contributed by atoms with E-state index in [1.165, 1.54) is 0 Å². The fraction of sp³-hybridized carbons (Fsp3) is 0.355. The average Bonchev–Trinajstić information content (AvgIpc) is 2.96. The highest BCUT2D eigenvalue weighted by atomic mass is 16.5. The van der Waals surface area contributed by atoms with Crippen molar-refractivity contribution in [2.24, 2.45) is 11.7 Å². The second-order valence-corrected chi connectivity index (χ2v) is 10.0. The summed E-state index contributed by atoms with van der Waals surface area (Å²) in [5, 5.41) is 16.4. The number of aliphatic carboxylic acids is 1. The Morgan fingerprint density at radius 3 is 2.33 bits per heavy atom. The van der Waals surface area contributed by atoms with Crippen LogP contribution in [0.2, 0.25) is 0 Å². The molecule has 3 atom stereocenters. The van der Waals surface area contributed by atoms with Crippen molar-refractivity contribution in [1.29, 1.82) is 0 Å². The Kier molecular flexibility index (Phi) is 11.6. The summed E-state index contributed by atoms with van der Waals surface area (Å²) >= 11 is 0. The molecule has 0 radical (unpaired) electrons. The zero-order valence-corrected chi connectivity index (χ0v) is 22.7. The Bertz CT molecular complexity index is 1300. The van der Waals surface area contributed by atoms with Crippen LogP contribution in [0.5, 0.6) is 0 Å². The highest BCUT2D eigenvalue weighted by molar-refractivity contribution is 6.00. The molecule has 0 saturated heterocycles. The number of carbonyl (C=O) groups is 4. The number of nitrogens with one attached hydrogen (secondary N) is 2. The first kappa shape index (κ1) is 30.3. The van der Waals surface area contributed by atoms with E-state index >= 15 is 0 Å². The predicted molar refractivity (Wildman–Crippen MR) is 152 cm³/mol. The van der Waals surface area contributed by atoms with Crippen LogP contribution in [0.15, 0.2) is 72.8 Å². The molecule has 0 fully saturated rings. The van der Waals surface area contributed by atoms with Gasteiger partial charge in [-0.25, -0.2) is 0 Å². The number of fused-ring (bicyclic) bond motifs is 1. The summed E-state index contributed by atoms with van der Waals surface area (Å²) in [5.41, 5.74) is 7.31. The van der Waals surface area contributed by atoms with E-state index in [2.05, 4.69) is 10.6 Å². The quantitative estimate of drug-likeness (QED) is 0.212. The molecule has 0 aliphatic heterocycles. The molecule has 0 spiro atoms. The summed E-state index contributed by atoms with van der Waals surface area (Å²) in [5.74, 6) is -2.21. The minimum absolute atomic E-state index is 0.0513. The average molecular weight is 548 g/mol. The predicted octanol–water partition coefficient (Wildman–Crippen LogP) is 3.80. The molecule has 9 nitrogen and oxygen atoms in total. The molecule has 9 heteroatoms. The van der Waals surface area contributed by atoms with E-state index in [0.29, 0.717) is 24.9 Å². The van der Waals surface area contributed by atoms with Gasteiger partial charge in [0.2, 0.25) is 5.91 Å². The van der Waals surface area contributed by atoms with Gasteiger partial charge in [0, 0.05) is 18.5 Å². The molecule has 0 saturated carbocycles. The van der Waals surface area contributed by atoms with Crippen LogP contribution in [0.1, 0.15) is 54.9 Å². The van der Waals surface area contributed by atoms with Crippen molar-refractivity contribution in [3.63, 3.8) is 0 Å². The highest BCUT2D eigenvalue weighted by Crippen LogP contribution is 2.16. The lowest BCUT2D eigenvalue weighted by Crippen LogP contribution is -2.48. The van der Waals surface area contributed by atoms with E-state index < -0.39 is 35.8 Å². The highest BCUT2D eigenvalue weighted by Gasteiger charge is 2.25. The maximum atomic E-state index is 13.1. The van der Waals surface area contributed by atoms with E-state index in [4.69, 9.17) is 15.6 Å². The molecule has 0 bridgehead atoms. The topological polar surface area (TPSA) is 148 Å². The number of amides is 2. The normalized spacial score (nSPS) is 13.2. The molecule has 5 N–H and O–H groups in total. The van der Waals surface area contributed by atoms with Gasteiger partial charge in [-0.1, -0.05) is 67.6 Å². The number of nitrogens with two attached hydrogens (primary N) is 1. The Morgan fingerprint density at radius 1 is 0.900 bits per heavy atom. The molecule has 3 unspecified atom stereocenters. The number of hydrogen-bond acceptors (Lipinski definition) is 6.